The number of benzene rings is 1. The fraction of sp³-hybridized carbons (Fsp3) is 0.625. The Labute approximate surface area is 117 Å². The van der Waals surface area contributed by atoms with Crippen LogP contribution in [0, 0.1) is 5.82 Å². The molecule has 0 heterocycles. The molecule has 0 aliphatic rings. The summed E-state index contributed by atoms with van der Waals surface area (Å²) in [4.78, 5) is 2.44. The minimum atomic E-state index is -0.159. The van der Waals surface area contributed by atoms with Crippen LogP contribution in [-0.4, -0.2) is 30.6 Å². The summed E-state index contributed by atoms with van der Waals surface area (Å²) < 4.78 is 13.0. The van der Waals surface area contributed by atoms with Gasteiger partial charge in [-0.2, -0.15) is 0 Å². The Morgan fingerprint density at radius 3 is 2.63 bits per heavy atom. The van der Waals surface area contributed by atoms with E-state index in [4.69, 9.17) is 0 Å². The smallest absolute Gasteiger partial charge is 0.123 e. The summed E-state index contributed by atoms with van der Waals surface area (Å²) in [6, 6.07) is 7.27. The molecule has 0 radical (unpaired) electrons. The molecule has 2 nitrogen and oxygen atoms in total. The van der Waals surface area contributed by atoms with Gasteiger partial charge in [0.25, 0.3) is 0 Å². The van der Waals surface area contributed by atoms with E-state index in [1.807, 2.05) is 6.07 Å². The molecule has 0 aromatic heterocycles. The van der Waals surface area contributed by atoms with Gasteiger partial charge < -0.3 is 10.2 Å². The molecule has 3 heteroatoms. The van der Waals surface area contributed by atoms with E-state index in [2.05, 4.69) is 31.0 Å². The highest BCUT2D eigenvalue weighted by molar-refractivity contribution is 5.15. The summed E-state index contributed by atoms with van der Waals surface area (Å²) in [5.41, 5.74) is 1.01. The second-order valence-electron chi connectivity index (χ2n) is 5.08. The number of nitrogens with zero attached hydrogens (tertiary/aromatic N) is 1. The maximum atomic E-state index is 13.0. The lowest BCUT2D eigenvalue weighted by atomic mass is 10.1. The van der Waals surface area contributed by atoms with Crippen LogP contribution in [0.2, 0.25) is 0 Å². The molecule has 1 rings (SSSR count). The van der Waals surface area contributed by atoms with Crippen LogP contribution in [-0.2, 0) is 6.54 Å². The first-order chi connectivity index (χ1) is 9.15. The van der Waals surface area contributed by atoms with E-state index in [0.717, 1.165) is 31.6 Å². The van der Waals surface area contributed by atoms with Crippen molar-refractivity contribution in [3.05, 3.63) is 35.6 Å². The highest BCUT2D eigenvalue weighted by Crippen LogP contribution is 2.05. The van der Waals surface area contributed by atoms with E-state index in [9.17, 15) is 4.39 Å². The predicted octanol–water partition coefficient (Wildman–Crippen LogP) is 3.43. The van der Waals surface area contributed by atoms with Crippen LogP contribution in [0.3, 0.4) is 0 Å². The number of rotatable bonds is 9. The fourth-order valence-electron chi connectivity index (χ4n) is 2.20. The highest BCUT2D eigenvalue weighted by Gasteiger charge is 2.04. The van der Waals surface area contributed by atoms with Crippen LogP contribution in [0.15, 0.2) is 24.3 Å². The molecule has 0 saturated carbocycles. The molecule has 0 fully saturated rings. The van der Waals surface area contributed by atoms with E-state index in [1.54, 1.807) is 12.1 Å². The largest absolute Gasteiger partial charge is 0.310 e. The topological polar surface area (TPSA) is 15.3 Å². The van der Waals surface area contributed by atoms with Crippen molar-refractivity contribution < 1.29 is 4.39 Å². The van der Waals surface area contributed by atoms with Crippen molar-refractivity contribution in [2.75, 3.05) is 19.6 Å². The van der Waals surface area contributed by atoms with E-state index in [0.29, 0.717) is 6.04 Å². The third-order valence-corrected chi connectivity index (χ3v) is 3.55. The second-order valence-corrected chi connectivity index (χ2v) is 5.08. The molecule has 0 saturated heterocycles. The van der Waals surface area contributed by atoms with Crippen LogP contribution < -0.4 is 5.32 Å². The molecule has 0 spiro atoms. The molecule has 1 aromatic carbocycles. The first-order valence-corrected chi connectivity index (χ1v) is 7.35. The molecular formula is C16H27FN2. The average molecular weight is 266 g/mol. The molecule has 1 atom stereocenters. The maximum absolute atomic E-state index is 13.0. The van der Waals surface area contributed by atoms with Gasteiger partial charge in [-0.25, -0.2) is 4.39 Å². The standard InChI is InChI=1S/C16H27FN2/c1-4-19(5-2)11-7-8-14(3)18-13-15-9-6-10-16(17)12-15/h6,9-10,12,14,18H,4-5,7-8,11,13H2,1-3H3. The van der Waals surface area contributed by atoms with Gasteiger partial charge in [0.2, 0.25) is 0 Å². The van der Waals surface area contributed by atoms with Crippen molar-refractivity contribution in [1.29, 1.82) is 0 Å². The molecule has 108 valence electrons. The highest BCUT2D eigenvalue weighted by atomic mass is 19.1. The van der Waals surface area contributed by atoms with E-state index in [1.165, 1.54) is 19.0 Å². The normalized spacial score (nSPS) is 12.9. The van der Waals surface area contributed by atoms with Gasteiger partial charge in [-0.05, 0) is 57.1 Å². The van der Waals surface area contributed by atoms with Crippen molar-refractivity contribution in [2.45, 2.75) is 46.2 Å². The van der Waals surface area contributed by atoms with E-state index < -0.39 is 0 Å². The Morgan fingerprint density at radius 2 is 2.00 bits per heavy atom. The van der Waals surface area contributed by atoms with Crippen molar-refractivity contribution in [1.82, 2.24) is 10.2 Å². The zero-order chi connectivity index (χ0) is 14.1. The molecule has 19 heavy (non-hydrogen) atoms. The minimum absolute atomic E-state index is 0.159. The van der Waals surface area contributed by atoms with Gasteiger partial charge in [0.15, 0.2) is 0 Å². The summed E-state index contributed by atoms with van der Waals surface area (Å²) >= 11 is 0. The monoisotopic (exact) mass is 266 g/mol. The van der Waals surface area contributed by atoms with Gasteiger partial charge in [0.1, 0.15) is 5.82 Å². The van der Waals surface area contributed by atoms with Crippen LogP contribution in [0.1, 0.15) is 39.2 Å². The Hall–Kier alpha value is -0.930. The van der Waals surface area contributed by atoms with Gasteiger partial charge in [-0.1, -0.05) is 26.0 Å². The first kappa shape index (κ1) is 16.1. The minimum Gasteiger partial charge on any atom is -0.310 e. The lowest BCUT2D eigenvalue weighted by molar-refractivity contribution is 0.290. The number of hydrogen-bond acceptors (Lipinski definition) is 2. The fourth-order valence-corrected chi connectivity index (χ4v) is 2.20. The summed E-state index contributed by atoms with van der Waals surface area (Å²) in [5.74, 6) is -0.159. The SMILES string of the molecule is CCN(CC)CCCC(C)NCc1cccc(F)c1. The Morgan fingerprint density at radius 1 is 1.26 bits per heavy atom. The molecule has 1 N–H and O–H groups in total. The summed E-state index contributed by atoms with van der Waals surface area (Å²) in [5, 5.41) is 3.45. The Balaban J connectivity index is 2.19. The van der Waals surface area contributed by atoms with Gasteiger partial charge in [0.05, 0.1) is 0 Å². The molecule has 1 aromatic rings. The molecular weight excluding hydrogens is 239 g/mol. The lowest BCUT2D eigenvalue weighted by Gasteiger charge is -2.19. The van der Waals surface area contributed by atoms with Crippen molar-refractivity contribution in [3.8, 4) is 0 Å². The van der Waals surface area contributed by atoms with Crippen molar-refractivity contribution >= 4 is 0 Å². The van der Waals surface area contributed by atoms with Crippen molar-refractivity contribution in [2.24, 2.45) is 0 Å². The Bertz CT molecular complexity index is 350. The van der Waals surface area contributed by atoms with E-state index in [-0.39, 0.29) is 5.82 Å². The number of hydrogen-bond donors (Lipinski definition) is 1. The molecule has 1 unspecified atom stereocenters. The second kappa shape index (κ2) is 9.05. The molecule has 0 aliphatic heterocycles. The van der Waals surface area contributed by atoms with Crippen molar-refractivity contribution in [3.63, 3.8) is 0 Å². The number of nitrogens with one attached hydrogen (secondary N) is 1. The maximum Gasteiger partial charge on any atom is 0.123 e. The van der Waals surface area contributed by atoms with Crippen LogP contribution in [0.25, 0.3) is 0 Å². The lowest BCUT2D eigenvalue weighted by Crippen LogP contribution is -2.28. The van der Waals surface area contributed by atoms with Crippen LogP contribution in [0.4, 0.5) is 4.39 Å². The Kier molecular flexibility index (Phi) is 7.68. The summed E-state index contributed by atoms with van der Waals surface area (Å²) in [6.45, 7) is 10.8. The third-order valence-electron chi connectivity index (χ3n) is 3.55. The summed E-state index contributed by atoms with van der Waals surface area (Å²) in [7, 11) is 0. The zero-order valence-corrected chi connectivity index (χ0v) is 12.5. The van der Waals surface area contributed by atoms with Gasteiger partial charge in [0, 0.05) is 12.6 Å². The molecule has 0 amide bonds. The quantitative estimate of drug-likeness (QED) is 0.736. The molecule has 0 bridgehead atoms. The first-order valence-electron chi connectivity index (χ1n) is 7.35. The molecule has 0 aliphatic carbocycles. The zero-order valence-electron chi connectivity index (χ0n) is 12.5. The van der Waals surface area contributed by atoms with Crippen LogP contribution >= 0.6 is 0 Å². The van der Waals surface area contributed by atoms with Gasteiger partial charge in [-0.15, -0.1) is 0 Å². The van der Waals surface area contributed by atoms with Gasteiger partial charge >= 0.3 is 0 Å². The predicted molar refractivity (Wildman–Crippen MR) is 79.7 cm³/mol. The summed E-state index contributed by atoms with van der Waals surface area (Å²) in [6.07, 6.45) is 2.37. The average Bonchev–Trinajstić information content (AvgIpc) is 2.41. The van der Waals surface area contributed by atoms with Gasteiger partial charge in [-0.3, -0.25) is 0 Å². The van der Waals surface area contributed by atoms with Crippen LogP contribution in [0.5, 0.6) is 0 Å². The van der Waals surface area contributed by atoms with E-state index >= 15 is 0 Å². The number of halogens is 1. The third kappa shape index (κ3) is 6.69.